The Labute approximate surface area is 84.3 Å². The van der Waals surface area contributed by atoms with Crippen LogP contribution >= 0.6 is 0 Å². The fourth-order valence-corrected chi connectivity index (χ4v) is 1.84. The van der Waals surface area contributed by atoms with Gasteiger partial charge in [0, 0.05) is 19.4 Å². The molecule has 0 radical (unpaired) electrons. The first-order valence-electron chi connectivity index (χ1n) is 5.13. The molecule has 0 amide bonds. The lowest BCUT2D eigenvalue weighted by Gasteiger charge is -2.21. The summed E-state index contributed by atoms with van der Waals surface area (Å²) >= 11 is 0. The van der Waals surface area contributed by atoms with E-state index in [1.54, 1.807) is 0 Å². The lowest BCUT2D eigenvalue weighted by atomic mass is 9.94. The number of anilines is 1. The second-order valence-corrected chi connectivity index (χ2v) is 3.80. The first-order valence-corrected chi connectivity index (χ1v) is 5.13. The number of hydrogen-bond acceptors (Lipinski definition) is 3. The van der Waals surface area contributed by atoms with Gasteiger partial charge in [-0.1, -0.05) is 0 Å². The summed E-state index contributed by atoms with van der Waals surface area (Å²) in [5, 5.41) is 0. The highest BCUT2D eigenvalue weighted by Gasteiger charge is 2.15. The van der Waals surface area contributed by atoms with E-state index in [9.17, 15) is 0 Å². The Kier molecular flexibility index (Phi) is 2.99. The molecule has 1 saturated heterocycles. The zero-order valence-corrected chi connectivity index (χ0v) is 8.28. The zero-order chi connectivity index (χ0) is 9.80. The summed E-state index contributed by atoms with van der Waals surface area (Å²) < 4.78 is 5.32. The number of nitrogens with two attached hydrogens (primary N) is 1. The summed E-state index contributed by atoms with van der Waals surface area (Å²) in [6.07, 6.45) is 5.08. The molecule has 0 unspecified atom stereocenters. The molecule has 2 rings (SSSR count). The van der Waals surface area contributed by atoms with Crippen molar-refractivity contribution in [1.29, 1.82) is 0 Å². The number of pyridine rings is 1. The number of ether oxygens (including phenoxy) is 1. The van der Waals surface area contributed by atoms with Gasteiger partial charge in [-0.15, -0.1) is 0 Å². The van der Waals surface area contributed by atoms with Crippen LogP contribution in [0.4, 0.5) is 5.69 Å². The standard InChI is InChI=1S/C11H16N2O/c12-10-2-1-5-13-11(10)8-9-3-6-14-7-4-9/h1-2,5,9H,3-4,6-8,12H2. The molecule has 1 aliphatic rings. The van der Waals surface area contributed by atoms with E-state index >= 15 is 0 Å². The summed E-state index contributed by atoms with van der Waals surface area (Å²) in [6, 6.07) is 3.80. The van der Waals surface area contributed by atoms with Crippen molar-refractivity contribution in [2.75, 3.05) is 18.9 Å². The van der Waals surface area contributed by atoms with Crippen molar-refractivity contribution in [1.82, 2.24) is 4.98 Å². The second-order valence-electron chi connectivity index (χ2n) is 3.80. The highest BCUT2D eigenvalue weighted by Crippen LogP contribution is 2.21. The Morgan fingerprint density at radius 1 is 1.43 bits per heavy atom. The predicted octanol–water partition coefficient (Wildman–Crippen LogP) is 1.63. The third-order valence-corrected chi connectivity index (χ3v) is 2.75. The maximum atomic E-state index is 5.84. The number of nitrogens with zero attached hydrogens (tertiary/aromatic N) is 1. The van der Waals surface area contributed by atoms with Gasteiger partial charge in [0.1, 0.15) is 0 Å². The predicted molar refractivity (Wildman–Crippen MR) is 55.9 cm³/mol. The van der Waals surface area contributed by atoms with Gasteiger partial charge in [0.05, 0.1) is 11.4 Å². The summed E-state index contributed by atoms with van der Waals surface area (Å²) in [6.45, 7) is 1.77. The van der Waals surface area contributed by atoms with Crippen LogP contribution < -0.4 is 5.73 Å². The molecule has 3 heteroatoms. The monoisotopic (exact) mass is 192 g/mol. The van der Waals surface area contributed by atoms with Crippen LogP contribution in [0.3, 0.4) is 0 Å². The molecule has 0 saturated carbocycles. The van der Waals surface area contributed by atoms with E-state index in [4.69, 9.17) is 10.5 Å². The Hall–Kier alpha value is -1.09. The summed E-state index contributed by atoms with van der Waals surface area (Å²) in [4.78, 5) is 4.31. The number of hydrogen-bond donors (Lipinski definition) is 1. The van der Waals surface area contributed by atoms with Crippen LogP contribution in [0.1, 0.15) is 18.5 Å². The molecule has 0 aromatic carbocycles. The van der Waals surface area contributed by atoms with Gasteiger partial charge in [-0.25, -0.2) is 0 Å². The summed E-state index contributed by atoms with van der Waals surface area (Å²) in [5.41, 5.74) is 7.70. The van der Waals surface area contributed by atoms with Crippen LogP contribution in [-0.4, -0.2) is 18.2 Å². The van der Waals surface area contributed by atoms with Crippen molar-refractivity contribution < 1.29 is 4.74 Å². The third kappa shape index (κ3) is 2.23. The van der Waals surface area contributed by atoms with E-state index in [1.807, 2.05) is 18.3 Å². The van der Waals surface area contributed by atoms with E-state index in [0.717, 1.165) is 43.9 Å². The lowest BCUT2D eigenvalue weighted by Crippen LogP contribution is -2.18. The molecule has 2 N–H and O–H groups in total. The molecule has 1 aliphatic heterocycles. The van der Waals surface area contributed by atoms with Gasteiger partial charge < -0.3 is 10.5 Å². The van der Waals surface area contributed by atoms with Gasteiger partial charge in [-0.2, -0.15) is 0 Å². The topological polar surface area (TPSA) is 48.1 Å². The van der Waals surface area contributed by atoms with Crippen LogP contribution in [0, 0.1) is 5.92 Å². The minimum Gasteiger partial charge on any atom is -0.397 e. The first-order chi connectivity index (χ1) is 6.86. The van der Waals surface area contributed by atoms with E-state index in [2.05, 4.69) is 4.98 Å². The molecule has 0 aliphatic carbocycles. The summed E-state index contributed by atoms with van der Waals surface area (Å²) in [5.74, 6) is 0.695. The third-order valence-electron chi connectivity index (χ3n) is 2.75. The van der Waals surface area contributed by atoms with Crippen LogP contribution in [0.15, 0.2) is 18.3 Å². The first kappa shape index (κ1) is 9.46. The Bertz CT molecular complexity index is 295. The van der Waals surface area contributed by atoms with Crippen LogP contribution in [0.25, 0.3) is 0 Å². The van der Waals surface area contributed by atoms with E-state index in [1.165, 1.54) is 0 Å². The SMILES string of the molecule is Nc1cccnc1CC1CCOCC1. The van der Waals surface area contributed by atoms with Crippen molar-refractivity contribution >= 4 is 5.69 Å². The van der Waals surface area contributed by atoms with Gasteiger partial charge in [-0.05, 0) is 37.3 Å². The van der Waals surface area contributed by atoms with Crippen LogP contribution in [0.5, 0.6) is 0 Å². The normalized spacial score (nSPS) is 18.3. The molecule has 1 fully saturated rings. The number of rotatable bonds is 2. The fourth-order valence-electron chi connectivity index (χ4n) is 1.84. The smallest absolute Gasteiger partial charge is 0.0635 e. The molecular weight excluding hydrogens is 176 g/mol. The highest BCUT2D eigenvalue weighted by atomic mass is 16.5. The summed E-state index contributed by atoms with van der Waals surface area (Å²) in [7, 11) is 0. The van der Waals surface area contributed by atoms with Crippen molar-refractivity contribution in [3.8, 4) is 0 Å². The maximum Gasteiger partial charge on any atom is 0.0635 e. The van der Waals surface area contributed by atoms with E-state index in [0.29, 0.717) is 5.92 Å². The number of aromatic nitrogens is 1. The minimum absolute atomic E-state index is 0.695. The largest absolute Gasteiger partial charge is 0.397 e. The van der Waals surface area contributed by atoms with Crippen LogP contribution in [-0.2, 0) is 11.2 Å². The Morgan fingerprint density at radius 2 is 2.21 bits per heavy atom. The number of nitrogen functional groups attached to an aromatic ring is 1. The molecule has 3 nitrogen and oxygen atoms in total. The molecule has 2 heterocycles. The van der Waals surface area contributed by atoms with Gasteiger partial charge in [0.2, 0.25) is 0 Å². The molecule has 1 aromatic heterocycles. The van der Waals surface area contributed by atoms with Crippen molar-refractivity contribution in [2.45, 2.75) is 19.3 Å². The quantitative estimate of drug-likeness (QED) is 0.774. The van der Waals surface area contributed by atoms with Gasteiger partial charge in [0.25, 0.3) is 0 Å². The van der Waals surface area contributed by atoms with Gasteiger partial charge in [-0.3, -0.25) is 4.98 Å². The highest BCUT2D eigenvalue weighted by molar-refractivity contribution is 5.42. The van der Waals surface area contributed by atoms with Crippen molar-refractivity contribution in [3.05, 3.63) is 24.0 Å². The molecule has 1 aromatic rings. The van der Waals surface area contributed by atoms with Crippen molar-refractivity contribution in [2.24, 2.45) is 5.92 Å². The maximum absolute atomic E-state index is 5.84. The molecular formula is C11H16N2O. The average molecular weight is 192 g/mol. The Balaban J connectivity index is 1.99. The minimum atomic E-state index is 0.695. The average Bonchev–Trinajstić information content (AvgIpc) is 2.23. The Morgan fingerprint density at radius 3 is 2.93 bits per heavy atom. The van der Waals surface area contributed by atoms with Crippen LogP contribution in [0.2, 0.25) is 0 Å². The zero-order valence-electron chi connectivity index (χ0n) is 8.28. The lowest BCUT2D eigenvalue weighted by molar-refractivity contribution is 0.0663. The molecule has 14 heavy (non-hydrogen) atoms. The van der Waals surface area contributed by atoms with Crippen molar-refractivity contribution in [3.63, 3.8) is 0 Å². The van der Waals surface area contributed by atoms with Gasteiger partial charge in [0.15, 0.2) is 0 Å². The molecule has 0 spiro atoms. The van der Waals surface area contributed by atoms with E-state index < -0.39 is 0 Å². The molecule has 0 bridgehead atoms. The van der Waals surface area contributed by atoms with Gasteiger partial charge >= 0.3 is 0 Å². The molecule has 76 valence electrons. The van der Waals surface area contributed by atoms with E-state index in [-0.39, 0.29) is 0 Å². The fraction of sp³-hybridized carbons (Fsp3) is 0.545. The molecule has 0 atom stereocenters. The second kappa shape index (κ2) is 4.42.